The second-order valence-corrected chi connectivity index (χ2v) is 12.4. The van der Waals surface area contributed by atoms with Crippen molar-refractivity contribution in [2.45, 2.75) is 51.0 Å². The third kappa shape index (κ3) is 6.53. The number of phenolic OH excluding ortho intramolecular Hbond substituents is 1. The van der Waals surface area contributed by atoms with Gasteiger partial charge in [-0.2, -0.15) is 26.3 Å². The van der Waals surface area contributed by atoms with Crippen LogP contribution in [0.3, 0.4) is 0 Å². The molecule has 0 bridgehead atoms. The SMILES string of the molecule is CC1=C2[C@@H](CC/C(=C/c3cccc(O)c3)c3ccccc3)OB(O)C[C@@H]2[C@@H]2C(=O)N(c3cc(C(F)(F)F)cc(C(F)(F)F)c3)C(=O)[C@@H]2C1. The molecule has 48 heavy (non-hydrogen) atoms. The monoisotopic (exact) mass is 669 g/mol. The summed E-state index contributed by atoms with van der Waals surface area (Å²) in [6.07, 6.45) is -8.30. The molecule has 2 aliphatic heterocycles. The molecule has 4 atom stereocenters. The zero-order valence-corrected chi connectivity index (χ0v) is 25.6. The van der Waals surface area contributed by atoms with Crippen LogP contribution in [0, 0.1) is 17.8 Å². The summed E-state index contributed by atoms with van der Waals surface area (Å²) in [5, 5.41) is 20.8. The van der Waals surface area contributed by atoms with Gasteiger partial charge in [-0.1, -0.05) is 54.1 Å². The number of alkyl halides is 6. The van der Waals surface area contributed by atoms with Crippen LogP contribution in [0.15, 0.2) is 83.9 Å². The van der Waals surface area contributed by atoms with Gasteiger partial charge in [0.2, 0.25) is 11.8 Å². The third-order valence-corrected chi connectivity index (χ3v) is 9.31. The van der Waals surface area contributed by atoms with Crippen molar-refractivity contribution in [1.82, 2.24) is 0 Å². The number of rotatable bonds is 6. The molecule has 2 amide bonds. The topological polar surface area (TPSA) is 87.1 Å². The number of fused-ring (bicyclic) bond motifs is 3. The summed E-state index contributed by atoms with van der Waals surface area (Å²) in [5.74, 6) is -4.53. The summed E-state index contributed by atoms with van der Waals surface area (Å²) >= 11 is 0. The zero-order chi connectivity index (χ0) is 34.5. The van der Waals surface area contributed by atoms with Crippen LogP contribution in [0.25, 0.3) is 11.6 Å². The van der Waals surface area contributed by atoms with Gasteiger partial charge in [-0.25, -0.2) is 4.90 Å². The molecule has 1 aliphatic carbocycles. The van der Waals surface area contributed by atoms with Crippen molar-refractivity contribution in [2.24, 2.45) is 17.8 Å². The fourth-order valence-corrected chi connectivity index (χ4v) is 7.30. The molecule has 250 valence electrons. The molecule has 0 saturated carbocycles. The van der Waals surface area contributed by atoms with Crippen LogP contribution in [0.2, 0.25) is 6.32 Å². The van der Waals surface area contributed by atoms with Crippen molar-refractivity contribution >= 4 is 36.3 Å². The van der Waals surface area contributed by atoms with Crippen LogP contribution in [-0.4, -0.2) is 35.2 Å². The highest BCUT2D eigenvalue weighted by Gasteiger charge is 2.57. The summed E-state index contributed by atoms with van der Waals surface area (Å²) in [6.45, 7) is 1.76. The summed E-state index contributed by atoms with van der Waals surface area (Å²) < 4.78 is 87.8. The number of anilines is 1. The highest BCUT2D eigenvalue weighted by Crippen LogP contribution is 2.52. The van der Waals surface area contributed by atoms with E-state index in [9.17, 15) is 46.1 Å². The molecule has 0 radical (unpaired) electrons. The van der Waals surface area contributed by atoms with Crippen molar-refractivity contribution in [1.29, 1.82) is 0 Å². The number of imide groups is 1. The number of benzene rings is 3. The van der Waals surface area contributed by atoms with Gasteiger partial charge >= 0.3 is 19.5 Å². The Morgan fingerprint density at radius 2 is 1.58 bits per heavy atom. The van der Waals surface area contributed by atoms with E-state index in [0.717, 1.165) is 22.3 Å². The van der Waals surface area contributed by atoms with E-state index in [2.05, 4.69) is 0 Å². The summed E-state index contributed by atoms with van der Waals surface area (Å²) in [4.78, 5) is 28.0. The van der Waals surface area contributed by atoms with E-state index in [0.29, 0.717) is 35.4 Å². The van der Waals surface area contributed by atoms with Crippen LogP contribution in [-0.2, 0) is 26.6 Å². The van der Waals surface area contributed by atoms with Gasteiger partial charge in [0.05, 0.1) is 34.8 Å². The molecule has 2 N–H and O–H groups in total. The predicted molar refractivity (Wildman–Crippen MR) is 166 cm³/mol. The number of carbonyl (C=O) groups excluding carboxylic acids is 2. The van der Waals surface area contributed by atoms with Gasteiger partial charge in [0, 0.05) is 0 Å². The first-order valence-electron chi connectivity index (χ1n) is 15.4. The summed E-state index contributed by atoms with van der Waals surface area (Å²) in [7, 11) is -1.33. The lowest BCUT2D eigenvalue weighted by molar-refractivity contribution is -0.143. The molecule has 6 rings (SSSR count). The number of hydrogen-bond acceptors (Lipinski definition) is 5. The molecular formula is C35H30BF6NO5. The number of nitrogens with zero attached hydrogens (tertiary/aromatic N) is 1. The van der Waals surface area contributed by atoms with Gasteiger partial charge in [-0.3, -0.25) is 9.59 Å². The van der Waals surface area contributed by atoms with Crippen molar-refractivity contribution in [2.75, 3.05) is 4.90 Å². The summed E-state index contributed by atoms with van der Waals surface area (Å²) in [5.41, 5.74) is -0.0695. The van der Waals surface area contributed by atoms with Gasteiger partial charge in [0.15, 0.2) is 0 Å². The molecule has 6 nitrogen and oxygen atoms in total. The smallest absolute Gasteiger partial charge is 0.455 e. The predicted octanol–water partition coefficient (Wildman–Crippen LogP) is 7.77. The molecule has 3 aliphatic rings. The van der Waals surface area contributed by atoms with Crippen molar-refractivity contribution in [3.05, 3.63) is 106 Å². The Kier molecular flexibility index (Phi) is 8.80. The zero-order valence-electron chi connectivity index (χ0n) is 25.6. The Bertz CT molecular complexity index is 1770. The van der Waals surface area contributed by atoms with E-state index in [4.69, 9.17) is 4.65 Å². The molecule has 0 unspecified atom stereocenters. The lowest BCUT2D eigenvalue weighted by Gasteiger charge is -2.42. The molecule has 0 aromatic heterocycles. The molecule has 2 heterocycles. The molecule has 3 aromatic carbocycles. The van der Waals surface area contributed by atoms with Crippen molar-refractivity contribution in [3.8, 4) is 5.75 Å². The number of phenols is 1. The largest absolute Gasteiger partial charge is 0.508 e. The Balaban J connectivity index is 1.32. The second-order valence-electron chi connectivity index (χ2n) is 12.4. The Morgan fingerprint density at radius 3 is 2.21 bits per heavy atom. The number of aromatic hydroxyl groups is 1. The Hall–Kier alpha value is -4.36. The minimum Gasteiger partial charge on any atom is -0.508 e. The lowest BCUT2D eigenvalue weighted by Crippen LogP contribution is -2.46. The van der Waals surface area contributed by atoms with E-state index >= 15 is 0 Å². The van der Waals surface area contributed by atoms with Crippen LogP contribution >= 0.6 is 0 Å². The second kappa shape index (κ2) is 12.6. The van der Waals surface area contributed by atoms with Gasteiger partial charge in [-0.05, 0) is 91.0 Å². The Labute approximate surface area is 272 Å². The van der Waals surface area contributed by atoms with Gasteiger partial charge < -0.3 is 14.8 Å². The first-order chi connectivity index (χ1) is 22.6. The number of amides is 2. The first-order valence-corrected chi connectivity index (χ1v) is 15.4. The lowest BCUT2D eigenvalue weighted by atomic mass is 9.58. The maximum atomic E-state index is 13.9. The Morgan fingerprint density at radius 1 is 0.917 bits per heavy atom. The van der Waals surface area contributed by atoms with Gasteiger partial charge in [0.25, 0.3) is 0 Å². The van der Waals surface area contributed by atoms with Crippen LogP contribution in [0.1, 0.15) is 48.4 Å². The number of hydrogen-bond donors (Lipinski definition) is 2. The van der Waals surface area contributed by atoms with Gasteiger partial charge in [0.1, 0.15) is 5.75 Å². The van der Waals surface area contributed by atoms with Gasteiger partial charge in [-0.15, -0.1) is 0 Å². The quantitative estimate of drug-likeness (QED) is 0.0921. The minimum absolute atomic E-state index is 0.0521. The third-order valence-electron chi connectivity index (χ3n) is 9.31. The van der Waals surface area contributed by atoms with E-state index in [1.54, 1.807) is 25.1 Å². The standard InChI is InChI=1S/C35H30BF6NO5/c1-19-12-27-31(33(46)43(32(27)45)25-16-23(34(37,38)39)15-24(17-25)35(40,41)42)28-18-36(47)48-29(30(19)28)11-10-22(21-7-3-2-4-8-21)13-20-6-5-9-26(44)14-20/h2-9,13-17,27-29,31,44,47H,10-12,18H2,1H3/b22-13-/t27-,28+,29-,31-/m1/s1. The molecule has 13 heteroatoms. The fourth-order valence-electron chi connectivity index (χ4n) is 7.30. The number of carbonyl (C=O) groups is 2. The maximum Gasteiger partial charge on any atom is 0.455 e. The van der Waals surface area contributed by atoms with Crippen molar-refractivity contribution < 1.29 is 50.7 Å². The summed E-state index contributed by atoms with van der Waals surface area (Å²) in [6, 6.07) is 16.9. The average Bonchev–Trinajstić information content (AvgIpc) is 3.27. The fraction of sp³-hybridized carbons (Fsp3) is 0.314. The number of halogens is 6. The minimum atomic E-state index is -5.16. The highest BCUT2D eigenvalue weighted by molar-refractivity contribution is 6.43. The highest BCUT2D eigenvalue weighted by atomic mass is 19.4. The molecule has 2 fully saturated rings. The normalized spacial score (nSPS) is 23.5. The molecule has 3 aromatic rings. The van der Waals surface area contributed by atoms with Crippen molar-refractivity contribution in [3.63, 3.8) is 0 Å². The maximum absolute atomic E-state index is 13.9. The molecular weight excluding hydrogens is 639 g/mol. The molecule has 0 spiro atoms. The van der Waals surface area contributed by atoms with E-state index in [1.807, 2.05) is 42.5 Å². The molecule has 2 saturated heterocycles. The van der Waals surface area contributed by atoms with E-state index < -0.39 is 72.0 Å². The van der Waals surface area contributed by atoms with Crippen LogP contribution < -0.4 is 4.90 Å². The van der Waals surface area contributed by atoms with E-state index in [1.165, 1.54) is 0 Å². The number of allylic oxidation sites excluding steroid dienone is 2. The van der Waals surface area contributed by atoms with Crippen LogP contribution in [0.4, 0.5) is 32.0 Å². The first kappa shape index (κ1) is 33.5. The van der Waals surface area contributed by atoms with Crippen LogP contribution in [0.5, 0.6) is 5.75 Å². The average molecular weight is 669 g/mol. The van der Waals surface area contributed by atoms with E-state index in [-0.39, 0.29) is 24.6 Å².